The molecule has 8 nitrogen and oxygen atoms in total. The molecule has 0 atom stereocenters. The zero-order valence-electron chi connectivity index (χ0n) is 20.6. The molecular weight excluding hydrogens is 549 g/mol. The van der Waals surface area contributed by atoms with E-state index < -0.39 is 40.6 Å². The molecule has 14 heteroatoms. The van der Waals surface area contributed by atoms with Crippen molar-refractivity contribution in [1.82, 2.24) is 5.32 Å². The zero-order valence-corrected chi connectivity index (χ0v) is 21.4. The molecule has 0 saturated carbocycles. The van der Waals surface area contributed by atoms with Gasteiger partial charge in [-0.05, 0) is 53.1 Å². The summed E-state index contributed by atoms with van der Waals surface area (Å²) in [6.45, 7) is -0.984. The number of hydrogen-bond donors (Lipinski definition) is 3. The summed E-state index contributed by atoms with van der Waals surface area (Å²) in [7, 11) is -1.67. The van der Waals surface area contributed by atoms with Gasteiger partial charge < -0.3 is 20.1 Å². The van der Waals surface area contributed by atoms with Gasteiger partial charge in [0.05, 0.1) is 26.3 Å². The van der Waals surface area contributed by atoms with Crippen LogP contribution in [0.2, 0.25) is 0 Å². The van der Waals surface area contributed by atoms with E-state index in [0.717, 1.165) is 12.1 Å². The monoisotopic (exact) mass is 573 g/mol. The van der Waals surface area contributed by atoms with Gasteiger partial charge in [-0.15, -0.1) is 0 Å². The van der Waals surface area contributed by atoms with Crippen LogP contribution < -0.4 is 25.2 Å². The van der Waals surface area contributed by atoms with Crippen molar-refractivity contribution >= 4 is 21.6 Å². The Morgan fingerprint density at radius 3 is 2.26 bits per heavy atom. The molecule has 0 saturated heterocycles. The molecule has 0 aliphatic carbocycles. The van der Waals surface area contributed by atoms with Gasteiger partial charge in [-0.25, -0.2) is 22.3 Å². The number of amides is 1. The molecule has 0 bridgehead atoms. The van der Waals surface area contributed by atoms with E-state index in [1.165, 1.54) is 56.7 Å². The number of carbonyl (C=O) groups excluding carboxylic acids is 1. The molecule has 1 amide bonds. The lowest BCUT2D eigenvalue weighted by Crippen LogP contribution is -2.22. The number of nitrogens with two attached hydrogens (primary N) is 1. The normalized spacial score (nSPS) is 11.9. The minimum Gasteiger partial charge on any atom is -0.497 e. The first kappa shape index (κ1) is 29.8. The number of sulfonamides is 1. The molecule has 3 aromatic rings. The maximum absolute atomic E-state index is 13.9. The summed E-state index contributed by atoms with van der Waals surface area (Å²) in [5.74, 6) is -0.849. The highest BCUT2D eigenvalue weighted by Crippen LogP contribution is 2.40. The number of benzene rings is 3. The van der Waals surface area contributed by atoms with Gasteiger partial charge in [0.2, 0.25) is 10.0 Å². The molecule has 0 aliphatic heterocycles. The molecule has 0 aliphatic rings. The highest BCUT2D eigenvalue weighted by atomic mass is 32.2. The lowest BCUT2D eigenvalue weighted by molar-refractivity contribution is -0.137. The molecule has 0 aromatic heterocycles. The number of rotatable bonds is 10. The smallest absolute Gasteiger partial charge is 0.417 e. The van der Waals surface area contributed by atoms with Crippen LogP contribution in [0.15, 0.2) is 59.5 Å². The van der Waals surface area contributed by atoms with Crippen molar-refractivity contribution in [2.45, 2.75) is 24.0 Å². The van der Waals surface area contributed by atoms with Gasteiger partial charge in [0.25, 0.3) is 12.3 Å². The molecule has 210 valence electrons. The van der Waals surface area contributed by atoms with Crippen molar-refractivity contribution in [1.29, 1.82) is 0 Å². The molecule has 4 N–H and O–H groups in total. The van der Waals surface area contributed by atoms with Gasteiger partial charge in [0.15, 0.2) is 0 Å². The van der Waals surface area contributed by atoms with E-state index >= 15 is 0 Å². The zero-order chi connectivity index (χ0) is 29.0. The average molecular weight is 574 g/mol. The van der Waals surface area contributed by atoms with E-state index in [2.05, 4.69) is 10.6 Å². The summed E-state index contributed by atoms with van der Waals surface area (Å²) in [5.41, 5.74) is -0.864. The molecule has 3 rings (SSSR count). The second-order valence-electron chi connectivity index (χ2n) is 8.17. The van der Waals surface area contributed by atoms with Crippen LogP contribution in [0.3, 0.4) is 0 Å². The lowest BCUT2D eigenvalue weighted by atomic mass is 9.93. The van der Waals surface area contributed by atoms with E-state index in [9.17, 15) is 35.2 Å². The van der Waals surface area contributed by atoms with Crippen LogP contribution in [0.1, 0.15) is 21.5 Å². The van der Waals surface area contributed by atoms with Crippen LogP contribution in [0.4, 0.5) is 27.6 Å². The third-order valence-electron chi connectivity index (χ3n) is 5.53. The summed E-state index contributed by atoms with van der Waals surface area (Å²) in [4.78, 5) is 12.6. The SMILES string of the molecule is COc1ccc(-c2ccc(C(=O)Nc3ccc(S(N)(=O)=O)c(OC)c3)cc2CNCC(F)F)c(C(F)(F)F)c1. The van der Waals surface area contributed by atoms with Gasteiger partial charge in [0, 0.05) is 23.9 Å². The number of halogens is 5. The molecule has 39 heavy (non-hydrogen) atoms. The molecular formula is C25H24F5N3O5S. The quantitative estimate of drug-likeness (QED) is 0.304. The van der Waals surface area contributed by atoms with Crippen LogP contribution in [0.25, 0.3) is 11.1 Å². The molecule has 0 spiro atoms. The number of carbonyl (C=O) groups is 1. The van der Waals surface area contributed by atoms with Crippen molar-refractivity contribution in [2.75, 3.05) is 26.1 Å². The summed E-state index contributed by atoms with van der Waals surface area (Å²) >= 11 is 0. The first-order chi connectivity index (χ1) is 18.2. The second-order valence-corrected chi connectivity index (χ2v) is 9.70. The Labute approximate surface area is 221 Å². The fraction of sp³-hybridized carbons (Fsp3) is 0.240. The highest BCUT2D eigenvalue weighted by Gasteiger charge is 2.34. The van der Waals surface area contributed by atoms with Crippen LogP contribution in [0.5, 0.6) is 11.5 Å². The fourth-order valence-corrected chi connectivity index (χ4v) is 4.44. The highest BCUT2D eigenvalue weighted by molar-refractivity contribution is 7.89. The van der Waals surface area contributed by atoms with Gasteiger partial charge in [0.1, 0.15) is 16.4 Å². The number of methoxy groups -OCH3 is 2. The van der Waals surface area contributed by atoms with Crippen LogP contribution in [-0.2, 0) is 22.7 Å². The van der Waals surface area contributed by atoms with Gasteiger partial charge in [-0.3, -0.25) is 4.79 Å². The molecule has 0 heterocycles. The maximum Gasteiger partial charge on any atom is 0.417 e. The first-order valence-corrected chi connectivity index (χ1v) is 12.7. The molecule has 3 aromatic carbocycles. The van der Waals surface area contributed by atoms with Crippen LogP contribution in [-0.4, -0.2) is 41.5 Å². The number of nitrogens with one attached hydrogen (secondary N) is 2. The van der Waals surface area contributed by atoms with Gasteiger partial charge >= 0.3 is 6.18 Å². The first-order valence-electron chi connectivity index (χ1n) is 11.1. The molecule has 0 unspecified atom stereocenters. The number of anilines is 1. The van der Waals surface area contributed by atoms with E-state index in [1.54, 1.807) is 0 Å². The number of primary sulfonamides is 1. The van der Waals surface area contributed by atoms with E-state index in [4.69, 9.17) is 14.6 Å². The van der Waals surface area contributed by atoms with E-state index in [1.807, 2.05) is 0 Å². The Balaban J connectivity index is 2.02. The van der Waals surface area contributed by atoms with Crippen LogP contribution >= 0.6 is 0 Å². The van der Waals surface area contributed by atoms with Crippen molar-refractivity contribution in [3.8, 4) is 22.6 Å². The standard InChI is InChI=1S/C25H24F5N3O5S/c1-37-17-5-7-19(20(11-17)25(28,29)30)18-6-3-14(9-15(18)12-32-13-23(26)27)24(34)33-16-4-8-22(39(31,35)36)21(10-16)38-2/h3-11,23,32H,12-13H2,1-2H3,(H,33,34)(H2,31,35,36). The van der Waals surface area contributed by atoms with Crippen molar-refractivity contribution < 1.29 is 44.6 Å². The Hall–Kier alpha value is -3.75. The van der Waals surface area contributed by atoms with Gasteiger partial charge in [-0.2, -0.15) is 13.2 Å². The maximum atomic E-state index is 13.9. The topological polar surface area (TPSA) is 120 Å². The summed E-state index contributed by atoms with van der Waals surface area (Å²) in [6.07, 6.45) is -7.46. The Bertz CT molecular complexity index is 1460. The Morgan fingerprint density at radius 1 is 0.974 bits per heavy atom. The number of hydrogen-bond acceptors (Lipinski definition) is 6. The average Bonchev–Trinajstić information content (AvgIpc) is 2.86. The largest absolute Gasteiger partial charge is 0.497 e. The predicted molar refractivity (Wildman–Crippen MR) is 133 cm³/mol. The lowest BCUT2D eigenvalue weighted by Gasteiger charge is -2.18. The van der Waals surface area contributed by atoms with Crippen LogP contribution in [0, 0.1) is 0 Å². The Morgan fingerprint density at radius 2 is 1.67 bits per heavy atom. The predicted octanol–water partition coefficient (Wildman–Crippen LogP) is 4.64. The van der Waals surface area contributed by atoms with E-state index in [0.29, 0.717) is 0 Å². The molecule has 0 radical (unpaired) electrons. The van der Waals surface area contributed by atoms with Crippen molar-refractivity contribution in [3.63, 3.8) is 0 Å². The summed E-state index contributed by atoms with van der Waals surface area (Å²) < 4.78 is 100. The van der Waals surface area contributed by atoms with Crippen molar-refractivity contribution in [3.05, 3.63) is 71.3 Å². The summed E-state index contributed by atoms with van der Waals surface area (Å²) in [5, 5.41) is 10.1. The minimum absolute atomic E-state index is 0.00385. The second kappa shape index (κ2) is 12.0. The van der Waals surface area contributed by atoms with Crippen molar-refractivity contribution in [2.24, 2.45) is 5.14 Å². The third kappa shape index (κ3) is 7.43. The summed E-state index contributed by atoms with van der Waals surface area (Å²) in [6, 6.07) is 10.8. The fourth-order valence-electron chi connectivity index (χ4n) is 3.76. The molecule has 0 fully saturated rings. The van der Waals surface area contributed by atoms with E-state index in [-0.39, 0.29) is 50.9 Å². The minimum atomic E-state index is -4.75. The Kier molecular flexibility index (Phi) is 9.14. The third-order valence-corrected chi connectivity index (χ3v) is 6.48. The van der Waals surface area contributed by atoms with Gasteiger partial charge in [-0.1, -0.05) is 12.1 Å². The number of alkyl halides is 5. The number of ether oxygens (including phenoxy) is 2.